The standard InChI is InChI=1S/C14H18FN3/c1-9-7-11(5-6-12(9)15)13(16-3)14-10(2)8-17-18(14)4/h5-8,13,16H,1-4H3. The zero-order valence-electron chi connectivity index (χ0n) is 11.2. The molecule has 0 spiro atoms. The average Bonchev–Trinajstić information content (AvgIpc) is 2.66. The fourth-order valence-electron chi connectivity index (χ4n) is 2.28. The van der Waals surface area contributed by atoms with Crippen LogP contribution in [-0.2, 0) is 7.05 Å². The van der Waals surface area contributed by atoms with Gasteiger partial charge < -0.3 is 5.32 Å². The van der Waals surface area contributed by atoms with E-state index in [2.05, 4.69) is 10.4 Å². The number of hydrogen-bond acceptors (Lipinski definition) is 2. The van der Waals surface area contributed by atoms with Crippen LogP contribution in [0.1, 0.15) is 28.4 Å². The van der Waals surface area contributed by atoms with Gasteiger partial charge in [0.2, 0.25) is 0 Å². The van der Waals surface area contributed by atoms with E-state index >= 15 is 0 Å². The molecule has 0 fully saturated rings. The summed E-state index contributed by atoms with van der Waals surface area (Å²) in [6, 6.07) is 5.23. The Morgan fingerprint density at radius 1 is 1.28 bits per heavy atom. The highest BCUT2D eigenvalue weighted by Crippen LogP contribution is 2.25. The fourth-order valence-corrected chi connectivity index (χ4v) is 2.28. The molecule has 1 atom stereocenters. The average molecular weight is 247 g/mol. The van der Waals surface area contributed by atoms with Gasteiger partial charge in [0, 0.05) is 7.05 Å². The van der Waals surface area contributed by atoms with E-state index in [1.54, 1.807) is 6.92 Å². The summed E-state index contributed by atoms with van der Waals surface area (Å²) in [4.78, 5) is 0. The van der Waals surface area contributed by atoms with Gasteiger partial charge in [-0.3, -0.25) is 4.68 Å². The number of aromatic nitrogens is 2. The summed E-state index contributed by atoms with van der Waals surface area (Å²) in [7, 11) is 3.82. The first-order valence-electron chi connectivity index (χ1n) is 5.96. The zero-order chi connectivity index (χ0) is 13.3. The van der Waals surface area contributed by atoms with Crippen molar-refractivity contribution in [2.24, 2.45) is 7.05 Å². The molecule has 2 aromatic rings. The van der Waals surface area contributed by atoms with Gasteiger partial charge in [-0.25, -0.2) is 4.39 Å². The zero-order valence-corrected chi connectivity index (χ0v) is 11.2. The maximum absolute atomic E-state index is 13.3. The highest BCUT2D eigenvalue weighted by atomic mass is 19.1. The van der Waals surface area contributed by atoms with Gasteiger partial charge in [-0.1, -0.05) is 12.1 Å². The molecule has 96 valence electrons. The van der Waals surface area contributed by atoms with Crippen LogP contribution in [0, 0.1) is 19.7 Å². The van der Waals surface area contributed by atoms with Gasteiger partial charge in [-0.05, 0) is 43.7 Å². The summed E-state index contributed by atoms with van der Waals surface area (Å²) in [5, 5.41) is 7.52. The molecule has 18 heavy (non-hydrogen) atoms. The molecular formula is C14H18FN3. The first-order valence-corrected chi connectivity index (χ1v) is 5.96. The minimum absolute atomic E-state index is 0.0248. The molecule has 0 aliphatic carbocycles. The van der Waals surface area contributed by atoms with Gasteiger partial charge in [-0.15, -0.1) is 0 Å². The number of hydrogen-bond donors (Lipinski definition) is 1. The van der Waals surface area contributed by atoms with Gasteiger partial charge in [0.05, 0.1) is 17.9 Å². The monoisotopic (exact) mass is 247 g/mol. The number of nitrogens with one attached hydrogen (secondary N) is 1. The number of nitrogens with zero attached hydrogens (tertiary/aromatic N) is 2. The van der Waals surface area contributed by atoms with Crippen molar-refractivity contribution in [3.63, 3.8) is 0 Å². The second-order valence-corrected chi connectivity index (χ2v) is 4.57. The molecule has 1 unspecified atom stereocenters. The molecule has 2 rings (SSSR count). The first-order chi connectivity index (χ1) is 8.54. The van der Waals surface area contributed by atoms with E-state index in [1.165, 1.54) is 6.07 Å². The van der Waals surface area contributed by atoms with Crippen molar-refractivity contribution in [2.75, 3.05) is 7.05 Å². The fraction of sp³-hybridized carbons (Fsp3) is 0.357. The Kier molecular flexibility index (Phi) is 3.48. The van der Waals surface area contributed by atoms with E-state index in [0.717, 1.165) is 16.8 Å². The number of rotatable bonds is 3. The van der Waals surface area contributed by atoms with Crippen molar-refractivity contribution >= 4 is 0 Å². The summed E-state index contributed by atoms with van der Waals surface area (Å²) in [5.41, 5.74) is 3.93. The molecule has 1 aromatic heterocycles. The molecule has 1 aromatic carbocycles. The second kappa shape index (κ2) is 4.90. The molecule has 0 amide bonds. The molecule has 1 N–H and O–H groups in total. The molecule has 0 aliphatic rings. The van der Waals surface area contributed by atoms with Crippen molar-refractivity contribution in [1.82, 2.24) is 15.1 Å². The molecule has 0 saturated carbocycles. The molecule has 0 saturated heterocycles. The van der Waals surface area contributed by atoms with Gasteiger partial charge in [0.25, 0.3) is 0 Å². The Morgan fingerprint density at radius 2 is 2.00 bits per heavy atom. The quantitative estimate of drug-likeness (QED) is 0.903. The van der Waals surface area contributed by atoms with Gasteiger partial charge in [-0.2, -0.15) is 5.10 Å². The van der Waals surface area contributed by atoms with Gasteiger partial charge in [0.1, 0.15) is 5.82 Å². The van der Waals surface area contributed by atoms with Crippen LogP contribution in [0.15, 0.2) is 24.4 Å². The van der Waals surface area contributed by atoms with Crippen LogP contribution in [-0.4, -0.2) is 16.8 Å². The van der Waals surface area contributed by atoms with Crippen molar-refractivity contribution in [3.8, 4) is 0 Å². The molecule has 1 heterocycles. The lowest BCUT2D eigenvalue weighted by atomic mass is 9.99. The summed E-state index contributed by atoms with van der Waals surface area (Å²) in [6.07, 6.45) is 1.84. The number of halogens is 1. The van der Waals surface area contributed by atoms with Crippen LogP contribution >= 0.6 is 0 Å². The molecule has 4 heteroatoms. The Morgan fingerprint density at radius 3 is 2.50 bits per heavy atom. The van der Waals surface area contributed by atoms with Crippen LogP contribution < -0.4 is 5.32 Å². The lowest BCUT2D eigenvalue weighted by Crippen LogP contribution is -2.21. The Labute approximate surface area is 107 Å². The molecule has 3 nitrogen and oxygen atoms in total. The van der Waals surface area contributed by atoms with E-state index in [0.29, 0.717) is 5.56 Å². The highest BCUT2D eigenvalue weighted by molar-refractivity contribution is 5.34. The van der Waals surface area contributed by atoms with E-state index in [-0.39, 0.29) is 11.9 Å². The molecule has 0 aliphatic heterocycles. The predicted octanol–water partition coefficient (Wildman–Crippen LogP) is 2.48. The Balaban J connectivity index is 2.48. The van der Waals surface area contributed by atoms with Crippen LogP contribution in [0.25, 0.3) is 0 Å². The van der Waals surface area contributed by atoms with E-state index in [1.807, 2.05) is 44.0 Å². The third-order valence-electron chi connectivity index (χ3n) is 3.25. The lowest BCUT2D eigenvalue weighted by molar-refractivity contribution is 0.594. The molecule has 0 radical (unpaired) electrons. The number of aryl methyl sites for hydroxylation is 3. The smallest absolute Gasteiger partial charge is 0.126 e. The Hall–Kier alpha value is -1.68. The lowest BCUT2D eigenvalue weighted by Gasteiger charge is -2.19. The molecular weight excluding hydrogens is 229 g/mol. The van der Waals surface area contributed by atoms with Crippen LogP contribution in [0.2, 0.25) is 0 Å². The number of benzene rings is 1. The van der Waals surface area contributed by atoms with Crippen molar-refractivity contribution in [3.05, 3.63) is 52.6 Å². The minimum Gasteiger partial charge on any atom is -0.308 e. The maximum Gasteiger partial charge on any atom is 0.126 e. The third-order valence-corrected chi connectivity index (χ3v) is 3.25. The van der Waals surface area contributed by atoms with Crippen LogP contribution in [0.4, 0.5) is 4.39 Å². The SMILES string of the molecule is CNC(c1ccc(F)c(C)c1)c1c(C)cnn1C. The van der Waals surface area contributed by atoms with E-state index < -0.39 is 0 Å². The second-order valence-electron chi connectivity index (χ2n) is 4.57. The summed E-state index contributed by atoms with van der Waals surface area (Å²) < 4.78 is 15.2. The highest BCUT2D eigenvalue weighted by Gasteiger charge is 2.18. The summed E-state index contributed by atoms with van der Waals surface area (Å²) >= 11 is 0. The summed E-state index contributed by atoms with van der Waals surface area (Å²) in [6.45, 7) is 3.81. The van der Waals surface area contributed by atoms with E-state index in [9.17, 15) is 4.39 Å². The normalized spacial score (nSPS) is 12.7. The van der Waals surface area contributed by atoms with Gasteiger partial charge in [0.15, 0.2) is 0 Å². The maximum atomic E-state index is 13.3. The summed E-state index contributed by atoms with van der Waals surface area (Å²) in [5.74, 6) is -0.171. The van der Waals surface area contributed by atoms with Gasteiger partial charge >= 0.3 is 0 Å². The van der Waals surface area contributed by atoms with Crippen molar-refractivity contribution < 1.29 is 4.39 Å². The van der Waals surface area contributed by atoms with Crippen molar-refractivity contribution in [1.29, 1.82) is 0 Å². The van der Waals surface area contributed by atoms with Crippen LogP contribution in [0.5, 0.6) is 0 Å². The van der Waals surface area contributed by atoms with Crippen molar-refractivity contribution in [2.45, 2.75) is 19.9 Å². The minimum atomic E-state index is -0.171. The van der Waals surface area contributed by atoms with E-state index in [4.69, 9.17) is 0 Å². The Bertz CT molecular complexity index is 541. The predicted molar refractivity (Wildman–Crippen MR) is 70.0 cm³/mol. The molecule has 0 bridgehead atoms. The topological polar surface area (TPSA) is 29.9 Å². The largest absolute Gasteiger partial charge is 0.308 e. The first kappa shape index (κ1) is 12.8. The third kappa shape index (κ3) is 2.16. The van der Waals surface area contributed by atoms with Crippen LogP contribution in [0.3, 0.4) is 0 Å².